The number of amides is 1. The van der Waals surface area contributed by atoms with Crippen LogP contribution in [-0.2, 0) is 11.3 Å². The van der Waals surface area contributed by atoms with E-state index in [0.29, 0.717) is 0 Å². The van der Waals surface area contributed by atoms with Crippen molar-refractivity contribution in [3.8, 4) is 0 Å². The van der Waals surface area contributed by atoms with Gasteiger partial charge in [-0.1, -0.05) is 121 Å². The molecule has 0 saturated heterocycles. The number of carbonyl (C=O) groups excluding carboxylic acids is 1. The van der Waals surface area contributed by atoms with Crippen LogP contribution in [0.3, 0.4) is 0 Å². The highest BCUT2D eigenvalue weighted by Crippen LogP contribution is 2.14. The van der Waals surface area contributed by atoms with Crippen LogP contribution < -0.4 is 5.32 Å². The molecule has 0 bridgehead atoms. The van der Waals surface area contributed by atoms with Crippen molar-refractivity contribution in [3.05, 3.63) is 35.9 Å². The molecule has 0 fully saturated rings. The van der Waals surface area contributed by atoms with Crippen molar-refractivity contribution in [1.82, 2.24) is 5.32 Å². The first-order chi connectivity index (χ1) is 14.6. The van der Waals surface area contributed by atoms with Crippen molar-refractivity contribution in [2.45, 2.75) is 122 Å². The zero-order valence-electron chi connectivity index (χ0n) is 19.4. The maximum Gasteiger partial charge on any atom is 0.407 e. The van der Waals surface area contributed by atoms with E-state index < -0.39 is 12.2 Å². The van der Waals surface area contributed by atoms with Crippen molar-refractivity contribution >= 4 is 6.09 Å². The molecule has 2 atom stereocenters. The smallest absolute Gasteiger partial charge is 0.407 e. The van der Waals surface area contributed by atoms with Crippen LogP contribution in [0.2, 0.25) is 0 Å². The highest BCUT2D eigenvalue weighted by atomic mass is 16.5. The normalized spacial score (nSPS) is 13.0. The molecule has 0 aliphatic heterocycles. The second-order valence-corrected chi connectivity index (χ2v) is 8.59. The molecule has 0 aliphatic carbocycles. The van der Waals surface area contributed by atoms with Gasteiger partial charge in [0.05, 0.1) is 12.1 Å². The van der Waals surface area contributed by atoms with Crippen LogP contribution in [-0.4, -0.2) is 23.3 Å². The Morgan fingerprint density at radius 1 is 0.867 bits per heavy atom. The molecule has 2 unspecified atom stereocenters. The quantitative estimate of drug-likeness (QED) is 0.248. The Bertz CT molecular complexity index is 520. The molecule has 1 aromatic carbocycles. The Morgan fingerprint density at radius 2 is 1.37 bits per heavy atom. The van der Waals surface area contributed by atoms with Crippen LogP contribution in [0.5, 0.6) is 0 Å². The largest absolute Gasteiger partial charge is 0.445 e. The van der Waals surface area contributed by atoms with Crippen molar-refractivity contribution < 1.29 is 14.6 Å². The molecule has 0 heterocycles. The minimum absolute atomic E-state index is 0.244. The maximum atomic E-state index is 11.9. The summed E-state index contributed by atoms with van der Waals surface area (Å²) in [6.07, 6.45) is 16.8. The van der Waals surface area contributed by atoms with E-state index in [0.717, 1.165) is 24.8 Å². The molecule has 0 radical (unpaired) electrons. The molecule has 0 aliphatic rings. The van der Waals surface area contributed by atoms with Crippen molar-refractivity contribution in [2.24, 2.45) is 0 Å². The van der Waals surface area contributed by atoms with Gasteiger partial charge >= 0.3 is 6.09 Å². The van der Waals surface area contributed by atoms with Crippen LogP contribution in [0.4, 0.5) is 4.79 Å². The first-order valence-electron chi connectivity index (χ1n) is 12.3. The summed E-state index contributed by atoms with van der Waals surface area (Å²) in [5.41, 5.74) is 0.952. The number of hydrogen-bond donors (Lipinski definition) is 2. The number of nitrogens with one attached hydrogen (secondary N) is 1. The summed E-state index contributed by atoms with van der Waals surface area (Å²) in [7, 11) is 0. The topological polar surface area (TPSA) is 58.6 Å². The van der Waals surface area contributed by atoms with E-state index in [1.54, 1.807) is 0 Å². The molecule has 1 rings (SSSR count). The summed E-state index contributed by atoms with van der Waals surface area (Å²) >= 11 is 0. The predicted octanol–water partition coefficient (Wildman–Crippen LogP) is 7.14. The van der Waals surface area contributed by atoms with Gasteiger partial charge in [0.15, 0.2) is 0 Å². The standard InChI is InChI=1S/C26H45NO3/c1-3-4-5-6-7-8-9-10-11-12-13-14-18-21-25(28)23(2)27-26(29)30-22-24-19-16-15-17-20-24/h15-17,19-20,23,25,28H,3-14,18,21-22H2,1-2H3,(H,27,29). The number of unbranched alkanes of at least 4 members (excludes halogenated alkanes) is 12. The fraction of sp³-hybridized carbons (Fsp3) is 0.731. The molecule has 2 N–H and O–H groups in total. The monoisotopic (exact) mass is 419 g/mol. The van der Waals surface area contributed by atoms with Gasteiger partial charge in [0.25, 0.3) is 0 Å². The zero-order valence-corrected chi connectivity index (χ0v) is 19.4. The molecule has 1 aromatic rings. The van der Waals surface area contributed by atoms with E-state index in [-0.39, 0.29) is 12.6 Å². The van der Waals surface area contributed by atoms with Crippen molar-refractivity contribution in [1.29, 1.82) is 0 Å². The van der Waals surface area contributed by atoms with E-state index in [4.69, 9.17) is 4.74 Å². The maximum absolute atomic E-state index is 11.9. The SMILES string of the molecule is CCCCCCCCCCCCCCCC(O)C(C)NC(=O)OCc1ccccc1. The number of aliphatic hydroxyl groups is 1. The Morgan fingerprint density at radius 3 is 1.90 bits per heavy atom. The average molecular weight is 420 g/mol. The third-order valence-electron chi connectivity index (χ3n) is 5.74. The van der Waals surface area contributed by atoms with Crippen LogP contribution >= 0.6 is 0 Å². The summed E-state index contributed by atoms with van der Waals surface area (Å²) in [5, 5.41) is 13.0. The molecule has 172 valence electrons. The number of alkyl carbamates (subject to hydrolysis) is 1. The van der Waals surface area contributed by atoms with Gasteiger partial charge in [0, 0.05) is 0 Å². The van der Waals surface area contributed by atoms with Gasteiger partial charge in [-0.25, -0.2) is 4.79 Å². The minimum Gasteiger partial charge on any atom is -0.445 e. The Hall–Kier alpha value is -1.55. The summed E-state index contributed by atoms with van der Waals surface area (Å²) in [6.45, 7) is 4.34. The molecule has 30 heavy (non-hydrogen) atoms. The Labute approximate surface area is 184 Å². The van der Waals surface area contributed by atoms with Crippen LogP contribution in [0, 0.1) is 0 Å². The Kier molecular flexibility index (Phi) is 16.1. The molecule has 0 spiro atoms. The minimum atomic E-state index is -0.526. The van der Waals surface area contributed by atoms with Crippen LogP contribution in [0.15, 0.2) is 30.3 Å². The molecular formula is C26H45NO3. The van der Waals surface area contributed by atoms with Crippen molar-refractivity contribution in [2.75, 3.05) is 0 Å². The number of ether oxygens (including phenoxy) is 1. The van der Waals surface area contributed by atoms with Gasteiger partial charge in [-0.15, -0.1) is 0 Å². The van der Waals surface area contributed by atoms with Crippen LogP contribution in [0.25, 0.3) is 0 Å². The van der Waals surface area contributed by atoms with E-state index in [9.17, 15) is 9.90 Å². The number of benzene rings is 1. The zero-order chi connectivity index (χ0) is 21.9. The second kappa shape index (κ2) is 18.2. The highest BCUT2D eigenvalue weighted by molar-refractivity contribution is 5.67. The van der Waals surface area contributed by atoms with E-state index in [1.807, 2.05) is 37.3 Å². The molecule has 0 aromatic heterocycles. The lowest BCUT2D eigenvalue weighted by atomic mass is 10.0. The van der Waals surface area contributed by atoms with E-state index >= 15 is 0 Å². The van der Waals surface area contributed by atoms with Gasteiger partial charge in [-0.3, -0.25) is 0 Å². The lowest BCUT2D eigenvalue weighted by Gasteiger charge is -2.20. The van der Waals surface area contributed by atoms with Gasteiger partial charge in [-0.05, 0) is 18.9 Å². The second-order valence-electron chi connectivity index (χ2n) is 8.59. The van der Waals surface area contributed by atoms with Gasteiger partial charge in [-0.2, -0.15) is 0 Å². The van der Waals surface area contributed by atoms with E-state index in [2.05, 4.69) is 12.2 Å². The number of carbonyl (C=O) groups is 1. The lowest BCUT2D eigenvalue weighted by Crippen LogP contribution is -2.41. The first kappa shape index (κ1) is 26.5. The van der Waals surface area contributed by atoms with Gasteiger partial charge < -0.3 is 15.2 Å². The van der Waals surface area contributed by atoms with E-state index in [1.165, 1.54) is 70.6 Å². The molecular weight excluding hydrogens is 374 g/mol. The van der Waals surface area contributed by atoms with Gasteiger partial charge in [0.2, 0.25) is 0 Å². The summed E-state index contributed by atoms with van der Waals surface area (Å²) < 4.78 is 5.21. The predicted molar refractivity (Wildman–Crippen MR) is 126 cm³/mol. The van der Waals surface area contributed by atoms with Crippen molar-refractivity contribution in [3.63, 3.8) is 0 Å². The summed E-state index contributed by atoms with van der Waals surface area (Å²) in [6, 6.07) is 9.29. The average Bonchev–Trinajstić information content (AvgIpc) is 2.76. The van der Waals surface area contributed by atoms with Gasteiger partial charge in [0.1, 0.15) is 6.61 Å². The summed E-state index contributed by atoms with van der Waals surface area (Å²) in [5.74, 6) is 0. The summed E-state index contributed by atoms with van der Waals surface area (Å²) in [4.78, 5) is 11.9. The number of rotatable bonds is 18. The molecule has 1 amide bonds. The fourth-order valence-electron chi connectivity index (χ4n) is 3.67. The molecule has 4 nitrogen and oxygen atoms in total. The number of aliphatic hydroxyl groups excluding tert-OH is 1. The highest BCUT2D eigenvalue weighted by Gasteiger charge is 2.16. The fourth-order valence-corrected chi connectivity index (χ4v) is 3.67. The Balaban J connectivity index is 1.93. The third kappa shape index (κ3) is 14.4. The van der Waals surface area contributed by atoms with Crippen LogP contribution in [0.1, 0.15) is 109 Å². The molecule has 0 saturated carbocycles. The number of hydrogen-bond acceptors (Lipinski definition) is 3. The lowest BCUT2D eigenvalue weighted by molar-refractivity contribution is 0.1000. The molecule has 4 heteroatoms. The first-order valence-corrected chi connectivity index (χ1v) is 12.3. The third-order valence-corrected chi connectivity index (χ3v) is 5.74.